The van der Waals surface area contributed by atoms with Crippen LogP contribution in [0.5, 0.6) is 0 Å². The molecule has 3 heterocycles. The molecular formula is C18H20ClN5O2S. The van der Waals surface area contributed by atoms with Crippen molar-refractivity contribution in [3.8, 4) is 11.4 Å². The lowest BCUT2D eigenvalue weighted by Crippen LogP contribution is -2.43. The van der Waals surface area contributed by atoms with Gasteiger partial charge in [0.2, 0.25) is 4.96 Å². The van der Waals surface area contributed by atoms with Crippen molar-refractivity contribution in [1.29, 1.82) is 0 Å². The quantitative estimate of drug-likeness (QED) is 0.661. The maximum absolute atomic E-state index is 12.3. The van der Waals surface area contributed by atoms with Gasteiger partial charge in [-0.1, -0.05) is 22.9 Å². The summed E-state index contributed by atoms with van der Waals surface area (Å²) in [6, 6.07) is 7.49. The first-order valence-corrected chi connectivity index (χ1v) is 10.00. The molecule has 0 fully saturated rings. The molecule has 1 aliphatic heterocycles. The number of nitrogens with zero attached hydrogens (tertiary/aromatic N) is 4. The van der Waals surface area contributed by atoms with Gasteiger partial charge in [0.15, 0.2) is 5.82 Å². The van der Waals surface area contributed by atoms with E-state index in [1.807, 2.05) is 33.7 Å². The Morgan fingerprint density at radius 3 is 2.96 bits per heavy atom. The van der Waals surface area contributed by atoms with Crippen molar-refractivity contribution in [2.24, 2.45) is 0 Å². The lowest BCUT2D eigenvalue weighted by Gasteiger charge is -2.26. The number of hydrogen-bond donors (Lipinski definition) is 1. The molecule has 1 aliphatic rings. The van der Waals surface area contributed by atoms with E-state index in [9.17, 15) is 4.79 Å². The van der Waals surface area contributed by atoms with Crippen molar-refractivity contribution in [2.75, 3.05) is 26.8 Å². The molecule has 4 rings (SSSR count). The average Bonchev–Trinajstić information content (AvgIpc) is 3.23. The molecule has 0 saturated carbocycles. The molecule has 2 aromatic heterocycles. The first-order valence-electron chi connectivity index (χ1n) is 8.80. The van der Waals surface area contributed by atoms with Gasteiger partial charge in [-0.15, -0.1) is 5.10 Å². The van der Waals surface area contributed by atoms with Crippen LogP contribution < -0.4 is 5.32 Å². The summed E-state index contributed by atoms with van der Waals surface area (Å²) < 4.78 is 6.92. The molecule has 27 heavy (non-hydrogen) atoms. The number of amides is 2. The number of ether oxygens (including phenoxy) is 1. The second-order valence-corrected chi connectivity index (χ2v) is 7.86. The Balaban J connectivity index is 1.48. The molecule has 0 unspecified atom stereocenters. The summed E-state index contributed by atoms with van der Waals surface area (Å²) in [5, 5.41) is 8.30. The molecule has 9 heteroatoms. The maximum Gasteiger partial charge on any atom is 0.317 e. The Morgan fingerprint density at radius 2 is 2.19 bits per heavy atom. The van der Waals surface area contributed by atoms with Crippen LogP contribution in [0.1, 0.15) is 17.0 Å². The van der Waals surface area contributed by atoms with E-state index >= 15 is 0 Å². The van der Waals surface area contributed by atoms with Crippen LogP contribution in [-0.2, 0) is 17.7 Å². The first-order chi connectivity index (χ1) is 13.2. The van der Waals surface area contributed by atoms with Gasteiger partial charge in [-0.05, 0) is 30.7 Å². The standard InChI is InChI=1S/C18H20ClN5O2S/c1-26-10-2-8-20-17(25)23-9-7-14-15(11-23)27-18-21-16(22-24(14)18)12-3-5-13(19)6-4-12/h3-6H,2,7-11H2,1H3,(H,20,25). The van der Waals surface area contributed by atoms with E-state index in [-0.39, 0.29) is 6.03 Å². The van der Waals surface area contributed by atoms with Crippen LogP contribution in [0.2, 0.25) is 5.02 Å². The summed E-state index contributed by atoms with van der Waals surface area (Å²) in [6.07, 6.45) is 1.58. The lowest BCUT2D eigenvalue weighted by molar-refractivity contribution is 0.182. The number of aromatic nitrogens is 3. The van der Waals surface area contributed by atoms with Crippen LogP contribution >= 0.6 is 22.9 Å². The Labute approximate surface area is 165 Å². The van der Waals surface area contributed by atoms with Gasteiger partial charge in [-0.2, -0.15) is 4.98 Å². The van der Waals surface area contributed by atoms with E-state index in [4.69, 9.17) is 16.3 Å². The number of carbonyl (C=O) groups excluding carboxylic acids is 1. The molecule has 0 aliphatic carbocycles. The van der Waals surface area contributed by atoms with Crippen molar-refractivity contribution in [3.63, 3.8) is 0 Å². The highest BCUT2D eigenvalue weighted by Crippen LogP contribution is 2.29. The first kappa shape index (κ1) is 18.2. The van der Waals surface area contributed by atoms with Crippen LogP contribution in [0.4, 0.5) is 4.79 Å². The van der Waals surface area contributed by atoms with Crippen LogP contribution in [0.3, 0.4) is 0 Å². The number of nitrogens with one attached hydrogen (secondary N) is 1. The second-order valence-electron chi connectivity index (χ2n) is 6.36. The number of thiazole rings is 1. The number of methoxy groups -OCH3 is 1. The predicted octanol–water partition coefficient (Wildman–Crippen LogP) is 3.22. The highest BCUT2D eigenvalue weighted by Gasteiger charge is 2.26. The minimum atomic E-state index is -0.0300. The molecule has 3 aromatic rings. The number of carbonyl (C=O) groups is 1. The monoisotopic (exact) mass is 405 g/mol. The zero-order valence-electron chi connectivity index (χ0n) is 14.9. The van der Waals surface area contributed by atoms with E-state index in [1.165, 1.54) is 0 Å². The molecule has 142 valence electrons. The third-order valence-electron chi connectivity index (χ3n) is 4.51. The van der Waals surface area contributed by atoms with E-state index in [2.05, 4.69) is 15.4 Å². The summed E-state index contributed by atoms with van der Waals surface area (Å²) in [5.41, 5.74) is 2.09. The fraction of sp³-hybridized carbons (Fsp3) is 0.389. The third-order valence-corrected chi connectivity index (χ3v) is 5.82. The fourth-order valence-electron chi connectivity index (χ4n) is 3.11. The highest BCUT2D eigenvalue weighted by atomic mass is 35.5. The Morgan fingerprint density at radius 1 is 1.37 bits per heavy atom. The minimum absolute atomic E-state index is 0.0300. The number of halogens is 1. The Kier molecular flexibility index (Phi) is 5.29. The lowest BCUT2D eigenvalue weighted by atomic mass is 10.2. The van der Waals surface area contributed by atoms with E-state index in [0.29, 0.717) is 37.1 Å². The van der Waals surface area contributed by atoms with Crippen molar-refractivity contribution < 1.29 is 9.53 Å². The summed E-state index contributed by atoms with van der Waals surface area (Å²) in [7, 11) is 1.66. The Bertz CT molecular complexity index is 953. The zero-order valence-corrected chi connectivity index (χ0v) is 16.5. The van der Waals surface area contributed by atoms with Gasteiger partial charge >= 0.3 is 6.03 Å². The van der Waals surface area contributed by atoms with Crippen molar-refractivity contribution >= 4 is 33.9 Å². The van der Waals surface area contributed by atoms with E-state index in [1.54, 1.807) is 18.4 Å². The molecule has 0 spiro atoms. The molecule has 7 nitrogen and oxygen atoms in total. The van der Waals surface area contributed by atoms with Gasteiger partial charge in [0.05, 0.1) is 12.2 Å². The zero-order chi connectivity index (χ0) is 18.8. The molecule has 0 saturated heterocycles. The van der Waals surface area contributed by atoms with Crippen LogP contribution in [0.25, 0.3) is 16.3 Å². The van der Waals surface area contributed by atoms with Crippen molar-refractivity contribution in [2.45, 2.75) is 19.4 Å². The van der Waals surface area contributed by atoms with Crippen LogP contribution in [0, 0.1) is 0 Å². The smallest absolute Gasteiger partial charge is 0.317 e. The summed E-state index contributed by atoms with van der Waals surface area (Å²) >= 11 is 7.54. The largest absolute Gasteiger partial charge is 0.385 e. The van der Waals surface area contributed by atoms with Crippen LogP contribution in [0.15, 0.2) is 24.3 Å². The third kappa shape index (κ3) is 3.78. The van der Waals surface area contributed by atoms with Gasteiger partial charge in [0, 0.05) is 48.7 Å². The normalized spacial score (nSPS) is 13.8. The van der Waals surface area contributed by atoms with Gasteiger partial charge in [-0.3, -0.25) is 0 Å². The molecule has 1 N–H and O–H groups in total. The van der Waals surface area contributed by atoms with Gasteiger partial charge < -0.3 is 15.0 Å². The number of fused-ring (bicyclic) bond motifs is 3. The van der Waals surface area contributed by atoms with Crippen LogP contribution in [-0.4, -0.2) is 52.3 Å². The number of benzene rings is 1. The maximum atomic E-state index is 12.3. The fourth-order valence-corrected chi connectivity index (χ4v) is 4.35. The molecular weight excluding hydrogens is 386 g/mol. The number of rotatable bonds is 5. The summed E-state index contributed by atoms with van der Waals surface area (Å²) in [5.74, 6) is 0.694. The van der Waals surface area contributed by atoms with Crippen molar-refractivity contribution in [1.82, 2.24) is 24.8 Å². The summed E-state index contributed by atoms with van der Waals surface area (Å²) in [6.45, 7) is 2.53. The second kappa shape index (κ2) is 7.84. The predicted molar refractivity (Wildman–Crippen MR) is 105 cm³/mol. The average molecular weight is 406 g/mol. The van der Waals surface area contributed by atoms with E-state index < -0.39 is 0 Å². The van der Waals surface area contributed by atoms with E-state index in [0.717, 1.165) is 33.9 Å². The molecule has 2 amide bonds. The minimum Gasteiger partial charge on any atom is -0.385 e. The Hall–Kier alpha value is -2.16. The molecule has 0 bridgehead atoms. The highest BCUT2D eigenvalue weighted by molar-refractivity contribution is 7.17. The SMILES string of the molecule is COCCCNC(=O)N1CCc2c(sc3nc(-c4ccc(Cl)cc4)nn23)C1. The van der Waals surface area contributed by atoms with Gasteiger partial charge in [-0.25, -0.2) is 9.31 Å². The molecule has 1 aromatic carbocycles. The summed E-state index contributed by atoms with van der Waals surface area (Å²) in [4.78, 5) is 20.8. The van der Waals surface area contributed by atoms with Gasteiger partial charge in [0.25, 0.3) is 0 Å². The topological polar surface area (TPSA) is 71.8 Å². The van der Waals surface area contributed by atoms with Gasteiger partial charge in [0.1, 0.15) is 0 Å². The molecule has 0 atom stereocenters. The number of urea groups is 1. The molecule has 0 radical (unpaired) electrons. The number of hydrogen-bond acceptors (Lipinski definition) is 5. The van der Waals surface area contributed by atoms with Crippen molar-refractivity contribution in [3.05, 3.63) is 39.9 Å².